The van der Waals surface area contributed by atoms with Crippen molar-refractivity contribution in [2.75, 3.05) is 44.3 Å². The van der Waals surface area contributed by atoms with E-state index in [9.17, 15) is 4.39 Å². The number of ether oxygens (including phenoxy) is 2. The summed E-state index contributed by atoms with van der Waals surface area (Å²) in [5.41, 5.74) is 1.90. The molecule has 0 amide bonds. The Morgan fingerprint density at radius 2 is 1.93 bits per heavy atom. The van der Waals surface area contributed by atoms with E-state index in [1.807, 2.05) is 19.9 Å². The van der Waals surface area contributed by atoms with Gasteiger partial charge in [0, 0.05) is 38.4 Å². The highest BCUT2D eigenvalue weighted by atomic mass is 19.1. The molecule has 2 aromatic rings. The van der Waals surface area contributed by atoms with Gasteiger partial charge in [-0.1, -0.05) is 0 Å². The van der Waals surface area contributed by atoms with Gasteiger partial charge in [-0.05, 0) is 25.5 Å². The molecule has 0 radical (unpaired) electrons. The van der Waals surface area contributed by atoms with Gasteiger partial charge in [-0.25, -0.2) is 14.4 Å². The lowest BCUT2D eigenvalue weighted by molar-refractivity contribution is 0.157. The molecule has 1 atom stereocenters. The second-order valence-corrected chi connectivity index (χ2v) is 7.02. The normalized spacial score (nSPS) is 17.9. The zero-order valence-electron chi connectivity index (χ0n) is 16.0. The Labute approximate surface area is 163 Å². The van der Waals surface area contributed by atoms with E-state index in [0.717, 1.165) is 37.6 Å². The SMILES string of the molecule is Cc1cc(N2CCN(C(C)c3nc4c(cc3F)OCCO4)CC2)ncc1C#N. The number of aromatic nitrogens is 2. The third-order valence-corrected chi connectivity index (χ3v) is 5.31. The maximum Gasteiger partial charge on any atom is 0.257 e. The van der Waals surface area contributed by atoms with E-state index in [0.29, 0.717) is 36.1 Å². The zero-order chi connectivity index (χ0) is 19.7. The molecule has 2 aliphatic heterocycles. The smallest absolute Gasteiger partial charge is 0.257 e. The standard InChI is InChI=1S/C20H22FN5O2/c1-13-9-18(23-12-15(13)11-22)26-5-3-25(4-6-26)14(2)19-16(21)10-17-20(24-19)28-8-7-27-17/h9-10,12,14H,3-8H2,1-2H3. The lowest BCUT2D eigenvalue weighted by Crippen LogP contribution is -2.47. The number of halogens is 1. The van der Waals surface area contributed by atoms with Crippen molar-refractivity contribution in [2.45, 2.75) is 19.9 Å². The molecule has 0 bridgehead atoms. The minimum absolute atomic E-state index is 0.173. The molecule has 1 fully saturated rings. The van der Waals surface area contributed by atoms with Crippen LogP contribution in [0.5, 0.6) is 11.6 Å². The predicted octanol–water partition coefficient (Wildman–Crippen LogP) is 2.45. The van der Waals surface area contributed by atoms with Crippen LogP contribution in [0.1, 0.15) is 29.8 Å². The van der Waals surface area contributed by atoms with Crippen LogP contribution in [0.25, 0.3) is 0 Å². The fourth-order valence-corrected chi connectivity index (χ4v) is 3.60. The molecule has 2 aliphatic rings. The molecule has 4 rings (SSSR count). The second-order valence-electron chi connectivity index (χ2n) is 7.02. The molecule has 1 unspecified atom stereocenters. The van der Waals surface area contributed by atoms with Crippen molar-refractivity contribution in [1.82, 2.24) is 14.9 Å². The number of rotatable bonds is 3. The highest BCUT2D eigenvalue weighted by molar-refractivity contribution is 5.47. The summed E-state index contributed by atoms with van der Waals surface area (Å²) in [7, 11) is 0. The number of nitriles is 1. The number of anilines is 1. The number of piperazine rings is 1. The number of fused-ring (bicyclic) bond motifs is 1. The van der Waals surface area contributed by atoms with Crippen molar-refractivity contribution in [2.24, 2.45) is 0 Å². The Bertz CT molecular complexity index is 922. The van der Waals surface area contributed by atoms with E-state index < -0.39 is 0 Å². The van der Waals surface area contributed by atoms with Gasteiger partial charge in [-0.15, -0.1) is 0 Å². The summed E-state index contributed by atoms with van der Waals surface area (Å²) in [6, 6.07) is 5.28. The van der Waals surface area contributed by atoms with Crippen LogP contribution in [-0.4, -0.2) is 54.3 Å². The maximum atomic E-state index is 14.6. The number of hydrogen-bond donors (Lipinski definition) is 0. The quantitative estimate of drug-likeness (QED) is 0.806. The van der Waals surface area contributed by atoms with E-state index in [1.165, 1.54) is 6.07 Å². The third kappa shape index (κ3) is 3.45. The molecule has 0 N–H and O–H groups in total. The largest absolute Gasteiger partial charge is 0.484 e. The summed E-state index contributed by atoms with van der Waals surface area (Å²) in [6.07, 6.45) is 1.62. The fourth-order valence-electron chi connectivity index (χ4n) is 3.60. The molecule has 8 heteroatoms. The first-order chi connectivity index (χ1) is 13.6. The van der Waals surface area contributed by atoms with Crippen LogP contribution in [0, 0.1) is 24.1 Å². The number of aryl methyl sites for hydroxylation is 1. The van der Waals surface area contributed by atoms with Crippen LogP contribution in [0.3, 0.4) is 0 Å². The summed E-state index contributed by atoms with van der Waals surface area (Å²) < 4.78 is 25.5. The van der Waals surface area contributed by atoms with Crippen molar-refractivity contribution >= 4 is 5.82 Å². The first-order valence-electron chi connectivity index (χ1n) is 9.38. The second kappa shape index (κ2) is 7.60. The lowest BCUT2D eigenvalue weighted by atomic mass is 10.1. The molecule has 4 heterocycles. The first-order valence-corrected chi connectivity index (χ1v) is 9.38. The van der Waals surface area contributed by atoms with Gasteiger partial charge in [0.05, 0.1) is 17.3 Å². The van der Waals surface area contributed by atoms with Crippen LogP contribution in [0.2, 0.25) is 0 Å². The highest BCUT2D eigenvalue weighted by Gasteiger charge is 2.28. The van der Waals surface area contributed by atoms with Gasteiger partial charge in [0.25, 0.3) is 5.88 Å². The topological polar surface area (TPSA) is 74.5 Å². The van der Waals surface area contributed by atoms with Gasteiger partial charge >= 0.3 is 0 Å². The summed E-state index contributed by atoms with van der Waals surface area (Å²) >= 11 is 0. The number of hydrogen-bond acceptors (Lipinski definition) is 7. The number of nitrogens with zero attached hydrogens (tertiary/aromatic N) is 5. The molecule has 0 spiro atoms. The van der Waals surface area contributed by atoms with Gasteiger partial charge in [0.1, 0.15) is 30.9 Å². The minimum Gasteiger partial charge on any atom is -0.484 e. The monoisotopic (exact) mass is 383 g/mol. The minimum atomic E-state index is -0.372. The van der Waals surface area contributed by atoms with E-state index in [4.69, 9.17) is 14.7 Å². The van der Waals surface area contributed by atoms with Crippen molar-refractivity contribution in [3.63, 3.8) is 0 Å². The van der Waals surface area contributed by atoms with Crippen molar-refractivity contribution in [3.8, 4) is 17.7 Å². The third-order valence-electron chi connectivity index (χ3n) is 5.31. The van der Waals surface area contributed by atoms with E-state index in [2.05, 4.69) is 25.8 Å². The molecule has 0 aromatic carbocycles. The molecule has 1 saturated heterocycles. The first kappa shape index (κ1) is 18.4. The van der Waals surface area contributed by atoms with Gasteiger partial charge in [-0.2, -0.15) is 5.26 Å². The molecule has 28 heavy (non-hydrogen) atoms. The summed E-state index contributed by atoms with van der Waals surface area (Å²) in [5, 5.41) is 9.06. The average molecular weight is 383 g/mol. The van der Waals surface area contributed by atoms with Gasteiger partial charge in [-0.3, -0.25) is 4.90 Å². The Balaban J connectivity index is 1.45. The van der Waals surface area contributed by atoms with Gasteiger partial charge in [0.15, 0.2) is 5.75 Å². The Kier molecular flexibility index (Phi) is 5.01. The lowest BCUT2D eigenvalue weighted by Gasteiger charge is -2.38. The average Bonchev–Trinajstić information content (AvgIpc) is 2.73. The summed E-state index contributed by atoms with van der Waals surface area (Å²) in [4.78, 5) is 13.2. The van der Waals surface area contributed by atoms with Gasteiger partial charge < -0.3 is 14.4 Å². The van der Waals surface area contributed by atoms with Crippen molar-refractivity contribution in [3.05, 3.63) is 41.0 Å². The molecular formula is C20H22FN5O2. The Morgan fingerprint density at radius 1 is 1.18 bits per heavy atom. The van der Waals surface area contributed by atoms with Crippen LogP contribution < -0.4 is 14.4 Å². The zero-order valence-corrected chi connectivity index (χ0v) is 16.0. The molecule has 2 aromatic heterocycles. The molecule has 146 valence electrons. The Hall–Kier alpha value is -2.92. The van der Waals surface area contributed by atoms with Gasteiger partial charge in [0.2, 0.25) is 0 Å². The summed E-state index contributed by atoms with van der Waals surface area (Å²) in [5.74, 6) is 1.23. The van der Waals surface area contributed by atoms with Crippen LogP contribution in [-0.2, 0) is 0 Å². The van der Waals surface area contributed by atoms with Crippen molar-refractivity contribution in [1.29, 1.82) is 5.26 Å². The predicted molar refractivity (Wildman–Crippen MR) is 101 cm³/mol. The molecule has 0 aliphatic carbocycles. The number of pyridine rings is 2. The van der Waals surface area contributed by atoms with Crippen molar-refractivity contribution < 1.29 is 13.9 Å². The highest BCUT2D eigenvalue weighted by Crippen LogP contribution is 2.33. The van der Waals surface area contributed by atoms with E-state index in [1.54, 1.807) is 6.20 Å². The van der Waals surface area contributed by atoms with E-state index >= 15 is 0 Å². The molecule has 0 saturated carbocycles. The van der Waals surface area contributed by atoms with E-state index in [-0.39, 0.29) is 11.9 Å². The summed E-state index contributed by atoms with van der Waals surface area (Å²) in [6.45, 7) is 7.78. The molecular weight excluding hydrogens is 361 g/mol. The van der Waals surface area contributed by atoms with Crippen LogP contribution in [0.15, 0.2) is 18.3 Å². The Morgan fingerprint density at radius 3 is 2.64 bits per heavy atom. The molecule has 7 nitrogen and oxygen atoms in total. The maximum absolute atomic E-state index is 14.6. The van der Waals surface area contributed by atoms with Crippen LogP contribution in [0.4, 0.5) is 10.2 Å². The fraction of sp³-hybridized carbons (Fsp3) is 0.450. The van der Waals surface area contributed by atoms with Crippen LogP contribution >= 0.6 is 0 Å².